The molecule has 0 unspecified atom stereocenters. The molecule has 2 atom stereocenters. The third-order valence-corrected chi connectivity index (χ3v) is 6.78. The molecule has 23 heavy (non-hydrogen) atoms. The third kappa shape index (κ3) is 2.43. The molecule has 0 aromatic heterocycles. The summed E-state index contributed by atoms with van der Waals surface area (Å²) < 4.78 is 31.6. The van der Waals surface area contributed by atoms with Crippen molar-refractivity contribution in [3.8, 4) is 5.75 Å². The highest BCUT2D eigenvalue weighted by atomic mass is 35.5. The SMILES string of the molecule is O=S(=O)(c1ccc2c(c1)O[C@H]1CNCC[C@@H]21)c1ccccc1Cl. The van der Waals surface area contributed by atoms with Gasteiger partial charge in [-0.3, -0.25) is 0 Å². The van der Waals surface area contributed by atoms with Crippen LogP contribution in [0.5, 0.6) is 5.75 Å². The van der Waals surface area contributed by atoms with E-state index < -0.39 is 9.84 Å². The molecular formula is C17H16ClNO3S. The first-order chi connectivity index (χ1) is 11.1. The molecule has 1 N–H and O–H groups in total. The van der Waals surface area contributed by atoms with Crippen LogP contribution in [0.3, 0.4) is 0 Å². The van der Waals surface area contributed by atoms with E-state index in [9.17, 15) is 8.42 Å². The molecule has 0 aliphatic carbocycles. The molecule has 2 aliphatic heterocycles. The van der Waals surface area contributed by atoms with Crippen molar-refractivity contribution < 1.29 is 13.2 Å². The van der Waals surface area contributed by atoms with Gasteiger partial charge in [0.1, 0.15) is 11.9 Å². The van der Waals surface area contributed by atoms with E-state index in [-0.39, 0.29) is 20.9 Å². The number of benzene rings is 2. The first-order valence-corrected chi connectivity index (χ1v) is 9.44. The number of hydrogen-bond acceptors (Lipinski definition) is 4. The van der Waals surface area contributed by atoms with Crippen LogP contribution in [0.25, 0.3) is 0 Å². The fourth-order valence-electron chi connectivity index (χ4n) is 3.35. The second-order valence-electron chi connectivity index (χ2n) is 5.89. The maximum atomic E-state index is 12.8. The smallest absolute Gasteiger partial charge is 0.208 e. The highest BCUT2D eigenvalue weighted by molar-refractivity contribution is 7.91. The van der Waals surface area contributed by atoms with Crippen LogP contribution < -0.4 is 10.1 Å². The van der Waals surface area contributed by atoms with Gasteiger partial charge in [0.05, 0.1) is 14.8 Å². The molecule has 0 spiro atoms. The normalized spacial score (nSPS) is 23.0. The highest BCUT2D eigenvalue weighted by Crippen LogP contribution is 2.43. The summed E-state index contributed by atoms with van der Waals surface area (Å²) in [6, 6.07) is 11.7. The number of sulfone groups is 1. The van der Waals surface area contributed by atoms with Crippen molar-refractivity contribution in [2.45, 2.75) is 28.2 Å². The zero-order valence-electron chi connectivity index (χ0n) is 12.3. The van der Waals surface area contributed by atoms with Crippen molar-refractivity contribution in [1.82, 2.24) is 5.32 Å². The Morgan fingerprint density at radius 1 is 1.17 bits per heavy atom. The topological polar surface area (TPSA) is 55.4 Å². The van der Waals surface area contributed by atoms with E-state index in [0.29, 0.717) is 11.7 Å². The Balaban J connectivity index is 1.76. The predicted octanol–water partition coefficient (Wildman–Crippen LogP) is 3.01. The number of hydrogen-bond donors (Lipinski definition) is 1. The average Bonchev–Trinajstić information content (AvgIpc) is 2.92. The molecule has 1 saturated heterocycles. The number of ether oxygens (including phenoxy) is 1. The van der Waals surface area contributed by atoms with Crippen molar-refractivity contribution in [3.63, 3.8) is 0 Å². The van der Waals surface area contributed by atoms with Crippen LogP contribution in [0.4, 0.5) is 0 Å². The number of halogens is 1. The van der Waals surface area contributed by atoms with E-state index >= 15 is 0 Å². The van der Waals surface area contributed by atoms with Gasteiger partial charge in [-0.2, -0.15) is 0 Å². The second-order valence-corrected chi connectivity index (χ2v) is 8.21. The van der Waals surface area contributed by atoms with Crippen LogP contribution in [0.15, 0.2) is 52.3 Å². The van der Waals surface area contributed by atoms with Crippen molar-refractivity contribution in [1.29, 1.82) is 0 Å². The van der Waals surface area contributed by atoms with Gasteiger partial charge in [0.15, 0.2) is 0 Å². The summed E-state index contributed by atoms with van der Waals surface area (Å²) in [4.78, 5) is 0.342. The quantitative estimate of drug-likeness (QED) is 0.905. The lowest BCUT2D eigenvalue weighted by molar-refractivity contribution is 0.176. The molecule has 0 saturated carbocycles. The lowest BCUT2D eigenvalue weighted by Crippen LogP contribution is -2.39. The Labute approximate surface area is 140 Å². The van der Waals surface area contributed by atoms with Gasteiger partial charge in [-0.25, -0.2) is 8.42 Å². The number of nitrogens with one attached hydrogen (secondary N) is 1. The molecule has 0 bridgehead atoms. The van der Waals surface area contributed by atoms with Crippen LogP contribution in [0, 0.1) is 0 Å². The lowest BCUT2D eigenvalue weighted by atomic mass is 9.90. The van der Waals surface area contributed by atoms with Crippen LogP contribution in [0.1, 0.15) is 17.9 Å². The Morgan fingerprint density at radius 2 is 2.00 bits per heavy atom. The van der Waals surface area contributed by atoms with Gasteiger partial charge in [-0.05, 0) is 37.2 Å². The lowest BCUT2D eigenvalue weighted by Gasteiger charge is -2.24. The van der Waals surface area contributed by atoms with Gasteiger partial charge in [0.2, 0.25) is 9.84 Å². The molecule has 4 nitrogen and oxygen atoms in total. The predicted molar refractivity (Wildman–Crippen MR) is 88.0 cm³/mol. The molecule has 2 heterocycles. The molecule has 4 rings (SSSR count). The summed E-state index contributed by atoms with van der Waals surface area (Å²) in [7, 11) is -3.65. The van der Waals surface area contributed by atoms with Crippen LogP contribution >= 0.6 is 11.6 Å². The van der Waals surface area contributed by atoms with E-state index in [1.165, 1.54) is 6.07 Å². The molecule has 6 heteroatoms. The van der Waals surface area contributed by atoms with Gasteiger partial charge in [-0.15, -0.1) is 0 Å². The van der Waals surface area contributed by atoms with E-state index in [1.807, 2.05) is 6.07 Å². The third-order valence-electron chi connectivity index (χ3n) is 4.53. The van der Waals surface area contributed by atoms with Crippen molar-refractivity contribution in [2.24, 2.45) is 0 Å². The van der Waals surface area contributed by atoms with Gasteiger partial charge in [0.25, 0.3) is 0 Å². The second kappa shape index (κ2) is 5.51. The summed E-state index contributed by atoms with van der Waals surface area (Å²) >= 11 is 6.06. The zero-order chi connectivity index (χ0) is 16.0. The van der Waals surface area contributed by atoms with Crippen LogP contribution in [0.2, 0.25) is 5.02 Å². The fourth-order valence-corrected chi connectivity index (χ4v) is 5.14. The Hall–Kier alpha value is -1.56. The number of fused-ring (bicyclic) bond motifs is 3. The highest BCUT2D eigenvalue weighted by Gasteiger charge is 2.37. The van der Waals surface area contributed by atoms with Crippen molar-refractivity contribution in [3.05, 3.63) is 53.1 Å². The molecule has 2 aromatic carbocycles. The minimum Gasteiger partial charge on any atom is -0.488 e. The summed E-state index contributed by atoms with van der Waals surface area (Å²) in [6.45, 7) is 1.76. The molecule has 0 amide bonds. The maximum Gasteiger partial charge on any atom is 0.208 e. The van der Waals surface area contributed by atoms with E-state index in [0.717, 1.165) is 25.1 Å². The van der Waals surface area contributed by atoms with Gasteiger partial charge in [0, 0.05) is 18.0 Å². The largest absolute Gasteiger partial charge is 0.488 e. The van der Waals surface area contributed by atoms with E-state index in [4.69, 9.17) is 16.3 Å². The summed E-state index contributed by atoms with van der Waals surface area (Å²) in [5.41, 5.74) is 1.11. The van der Waals surface area contributed by atoms with Crippen molar-refractivity contribution in [2.75, 3.05) is 13.1 Å². The maximum absolute atomic E-state index is 12.8. The van der Waals surface area contributed by atoms with Crippen LogP contribution in [-0.2, 0) is 9.84 Å². The standard InChI is InChI=1S/C17H16ClNO3S/c18-14-3-1-2-4-17(14)23(20,21)11-5-6-12-13-7-8-19-10-16(13)22-15(12)9-11/h1-6,9,13,16,19H,7-8,10H2/t13-,16-/m0/s1. The summed E-state index contributed by atoms with van der Waals surface area (Å²) in [5, 5.41) is 3.54. The molecular weight excluding hydrogens is 334 g/mol. The fraction of sp³-hybridized carbons (Fsp3) is 0.294. The number of piperidine rings is 1. The first kappa shape index (κ1) is 15.0. The van der Waals surface area contributed by atoms with E-state index in [2.05, 4.69) is 5.32 Å². The molecule has 0 radical (unpaired) electrons. The van der Waals surface area contributed by atoms with Gasteiger partial charge in [-0.1, -0.05) is 29.8 Å². The molecule has 2 aliphatic rings. The molecule has 120 valence electrons. The first-order valence-electron chi connectivity index (χ1n) is 7.58. The van der Waals surface area contributed by atoms with Crippen molar-refractivity contribution >= 4 is 21.4 Å². The summed E-state index contributed by atoms with van der Waals surface area (Å²) in [5.74, 6) is 1.03. The molecule has 2 aromatic rings. The monoisotopic (exact) mass is 349 g/mol. The minimum atomic E-state index is -3.65. The Kier molecular flexibility index (Phi) is 3.59. The minimum absolute atomic E-state index is 0.0945. The Bertz CT molecular complexity index is 866. The summed E-state index contributed by atoms with van der Waals surface area (Å²) in [6.07, 6.45) is 1.10. The Morgan fingerprint density at radius 3 is 2.83 bits per heavy atom. The van der Waals surface area contributed by atoms with Gasteiger partial charge >= 0.3 is 0 Å². The average molecular weight is 350 g/mol. The van der Waals surface area contributed by atoms with Crippen LogP contribution in [-0.4, -0.2) is 27.6 Å². The zero-order valence-corrected chi connectivity index (χ0v) is 13.9. The molecule has 1 fully saturated rings. The number of rotatable bonds is 2. The van der Waals surface area contributed by atoms with E-state index in [1.54, 1.807) is 30.3 Å². The van der Waals surface area contributed by atoms with Gasteiger partial charge < -0.3 is 10.1 Å².